The van der Waals surface area contributed by atoms with Crippen molar-refractivity contribution in [3.63, 3.8) is 0 Å². The van der Waals surface area contributed by atoms with E-state index in [1.165, 1.54) is 6.92 Å². The number of likely N-dealkylation sites (tertiary alicyclic amines) is 1. The summed E-state index contributed by atoms with van der Waals surface area (Å²) in [6, 6.07) is 13.3. The SMILES string of the molecule is CC(=O)NCCCC(c1ccc(F)c(-c2cccc(C)c2)c1)C1CCCN(C(=O)OC(C)(C)C)C1. The Morgan fingerprint density at radius 3 is 2.66 bits per heavy atom. The fraction of sp³-hybridized carbons (Fsp3) is 0.517. The van der Waals surface area contributed by atoms with Gasteiger partial charge in [0.15, 0.2) is 0 Å². The van der Waals surface area contributed by atoms with Crippen molar-refractivity contribution in [2.45, 2.75) is 71.8 Å². The lowest BCUT2D eigenvalue weighted by Crippen LogP contribution is -2.44. The third-order valence-electron chi connectivity index (χ3n) is 6.49. The number of amides is 2. The molecule has 0 aliphatic carbocycles. The van der Waals surface area contributed by atoms with Crippen LogP contribution in [0, 0.1) is 18.7 Å². The first-order chi connectivity index (χ1) is 16.5. The molecule has 0 bridgehead atoms. The summed E-state index contributed by atoms with van der Waals surface area (Å²) in [4.78, 5) is 25.9. The van der Waals surface area contributed by atoms with E-state index < -0.39 is 5.60 Å². The fourth-order valence-corrected chi connectivity index (χ4v) is 4.90. The Balaban J connectivity index is 1.87. The molecule has 2 atom stereocenters. The maximum absolute atomic E-state index is 14.9. The highest BCUT2D eigenvalue weighted by molar-refractivity contribution is 5.72. The van der Waals surface area contributed by atoms with Crippen LogP contribution < -0.4 is 5.32 Å². The minimum absolute atomic E-state index is 0.0427. The molecule has 0 saturated carbocycles. The number of carbonyl (C=O) groups excluding carboxylic acids is 2. The van der Waals surface area contributed by atoms with E-state index in [9.17, 15) is 14.0 Å². The molecule has 1 aliphatic heterocycles. The van der Waals surface area contributed by atoms with Gasteiger partial charge in [0.25, 0.3) is 0 Å². The van der Waals surface area contributed by atoms with Crippen LogP contribution in [0.2, 0.25) is 0 Å². The van der Waals surface area contributed by atoms with E-state index in [1.54, 1.807) is 6.07 Å². The molecule has 2 aromatic rings. The van der Waals surface area contributed by atoms with E-state index in [-0.39, 0.29) is 29.7 Å². The van der Waals surface area contributed by atoms with Gasteiger partial charge < -0.3 is 15.0 Å². The van der Waals surface area contributed by atoms with Crippen molar-refractivity contribution in [2.75, 3.05) is 19.6 Å². The Labute approximate surface area is 209 Å². The molecular weight excluding hydrogens is 443 g/mol. The molecule has 0 radical (unpaired) electrons. The van der Waals surface area contributed by atoms with Gasteiger partial charge in [-0.05, 0) is 88.5 Å². The molecule has 0 spiro atoms. The first-order valence-electron chi connectivity index (χ1n) is 12.6. The lowest BCUT2D eigenvalue weighted by molar-refractivity contribution is -0.118. The number of nitrogens with zero attached hydrogens (tertiary/aromatic N) is 1. The van der Waals surface area contributed by atoms with Gasteiger partial charge in [-0.1, -0.05) is 35.9 Å². The number of hydrogen-bond acceptors (Lipinski definition) is 3. The largest absolute Gasteiger partial charge is 0.444 e. The Morgan fingerprint density at radius 2 is 1.97 bits per heavy atom. The van der Waals surface area contributed by atoms with Crippen LogP contribution in [0.3, 0.4) is 0 Å². The van der Waals surface area contributed by atoms with Crippen LogP contribution in [0.1, 0.15) is 70.4 Å². The molecule has 1 heterocycles. The number of halogens is 1. The van der Waals surface area contributed by atoms with Crippen molar-refractivity contribution >= 4 is 12.0 Å². The van der Waals surface area contributed by atoms with E-state index >= 15 is 0 Å². The molecule has 2 aromatic carbocycles. The highest BCUT2D eigenvalue weighted by Gasteiger charge is 2.32. The van der Waals surface area contributed by atoms with Crippen molar-refractivity contribution in [3.05, 3.63) is 59.4 Å². The van der Waals surface area contributed by atoms with Crippen LogP contribution in [0.5, 0.6) is 0 Å². The molecule has 1 saturated heterocycles. The molecule has 2 unspecified atom stereocenters. The van der Waals surface area contributed by atoms with Gasteiger partial charge in [-0.2, -0.15) is 0 Å². The quantitative estimate of drug-likeness (QED) is 0.462. The van der Waals surface area contributed by atoms with Gasteiger partial charge in [-0.25, -0.2) is 9.18 Å². The van der Waals surface area contributed by atoms with E-state index in [4.69, 9.17) is 4.74 Å². The smallest absolute Gasteiger partial charge is 0.410 e. The van der Waals surface area contributed by atoms with Crippen LogP contribution >= 0.6 is 0 Å². The monoisotopic (exact) mass is 482 g/mol. The van der Waals surface area contributed by atoms with Gasteiger partial charge in [-0.3, -0.25) is 4.79 Å². The minimum atomic E-state index is -0.540. The van der Waals surface area contributed by atoms with Gasteiger partial charge >= 0.3 is 6.09 Å². The molecule has 3 rings (SSSR count). The summed E-state index contributed by atoms with van der Waals surface area (Å²) >= 11 is 0. The van der Waals surface area contributed by atoms with Gasteiger partial charge in [0.05, 0.1) is 0 Å². The number of benzene rings is 2. The molecule has 190 valence electrons. The van der Waals surface area contributed by atoms with Crippen molar-refractivity contribution in [2.24, 2.45) is 5.92 Å². The third-order valence-corrected chi connectivity index (χ3v) is 6.49. The highest BCUT2D eigenvalue weighted by Crippen LogP contribution is 2.38. The van der Waals surface area contributed by atoms with Crippen LogP contribution in [-0.4, -0.2) is 42.1 Å². The zero-order valence-corrected chi connectivity index (χ0v) is 21.7. The zero-order chi connectivity index (χ0) is 25.6. The van der Waals surface area contributed by atoms with Gasteiger partial charge in [0.2, 0.25) is 5.91 Å². The van der Waals surface area contributed by atoms with Crippen molar-refractivity contribution in [1.82, 2.24) is 10.2 Å². The van der Waals surface area contributed by atoms with Crippen LogP contribution in [0.15, 0.2) is 42.5 Å². The van der Waals surface area contributed by atoms with Gasteiger partial charge in [-0.15, -0.1) is 0 Å². The molecule has 6 heteroatoms. The Hall–Kier alpha value is -2.89. The number of piperidine rings is 1. The normalized spacial score (nSPS) is 17.1. The summed E-state index contributed by atoms with van der Waals surface area (Å²) in [6.45, 7) is 11.0. The number of ether oxygens (including phenoxy) is 1. The van der Waals surface area contributed by atoms with Crippen molar-refractivity contribution in [1.29, 1.82) is 0 Å². The maximum atomic E-state index is 14.9. The first-order valence-corrected chi connectivity index (χ1v) is 12.6. The second kappa shape index (κ2) is 11.7. The van der Waals surface area contributed by atoms with E-state index in [1.807, 2.05) is 69.0 Å². The summed E-state index contributed by atoms with van der Waals surface area (Å²) < 4.78 is 20.5. The summed E-state index contributed by atoms with van der Waals surface area (Å²) in [5.41, 5.74) is 3.07. The van der Waals surface area contributed by atoms with Crippen molar-refractivity contribution < 1.29 is 18.7 Å². The van der Waals surface area contributed by atoms with Gasteiger partial charge in [0.1, 0.15) is 11.4 Å². The molecule has 0 aromatic heterocycles. The summed E-state index contributed by atoms with van der Waals surface area (Å²) in [6.07, 6.45) is 3.26. The first kappa shape index (κ1) is 26.7. The average Bonchev–Trinajstić information content (AvgIpc) is 2.78. The minimum Gasteiger partial charge on any atom is -0.444 e. The molecule has 5 nitrogen and oxygen atoms in total. The Morgan fingerprint density at radius 1 is 1.20 bits per heavy atom. The highest BCUT2D eigenvalue weighted by atomic mass is 19.1. The van der Waals surface area contributed by atoms with Crippen molar-refractivity contribution in [3.8, 4) is 11.1 Å². The number of aryl methyl sites for hydroxylation is 1. The molecule has 1 N–H and O–H groups in total. The van der Waals surface area contributed by atoms with Gasteiger partial charge in [0, 0.05) is 32.1 Å². The standard InChI is InChI=1S/C29H39FN2O3/c1-20-9-6-10-22(17-20)26-18-23(13-14-27(26)30)25(12-7-15-31-21(2)33)24-11-8-16-32(19-24)28(34)35-29(3,4)5/h6,9-10,13-14,17-18,24-25H,7-8,11-12,15-16,19H2,1-5H3,(H,31,33). The molecule has 1 fully saturated rings. The Bertz CT molecular complexity index is 1030. The molecule has 35 heavy (non-hydrogen) atoms. The summed E-state index contributed by atoms with van der Waals surface area (Å²) in [5.74, 6) is 0.0803. The maximum Gasteiger partial charge on any atom is 0.410 e. The second-order valence-electron chi connectivity index (χ2n) is 10.7. The summed E-state index contributed by atoms with van der Waals surface area (Å²) in [7, 11) is 0. The third kappa shape index (κ3) is 7.81. The molecule has 1 aliphatic rings. The topological polar surface area (TPSA) is 58.6 Å². The van der Waals surface area contributed by atoms with Crippen LogP contribution in [-0.2, 0) is 9.53 Å². The molecule has 2 amide bonds. The van der Waals surface area contributed by atoms with Crippen LogP contribution in [0.25, 0.3) is 11.1 Å². The number of carbonyl (C=O) groups is 2. The number of rotatable bonds is 7. The average molecular weight is 483 g/mol. The summed E-state index contributed by atoms with van der Waals surface area (Å²) in [5, 5.41) is 2.88. The van der Waals surface area contributed by atoms with E-state index in [0.29, 0.717) is 25.2 Å². The molecular formula is C29H39FN2O3. The van der Waals surface area contributed by atoms with Crippen LogP contribution in [0.4, 0.5) is 9.18 Å². The predicted octanol–water partition coefficient (Wildman–Crippen LogP) is 6.45. The second-order valence-corrected chi connectivity index (χ2v) is 10.7. The van der Waals surface area contributed by atoms with E-state index in [2.05, 4.69) is 5.32 Å². The number of nitrogens with one attached hydrogen (secondary N) is 1. The lowest BCUT2D eigenvalue weighted by atomic mass is 9.78. The van der Waals surface area contributed by atoms with E-state index in [0.717, 1.165) is 42.4 Å². The predicted molar refractivity (Wildman–Crippen MR) is 138 cm³/mol. The lowest BCUT2D eigenvalue weighted by Gasteiger charge is -2.38. The fourth-order valence-electron chi connectivity index (χ4n) is 4.90. The number of hydrogen-bond donors (Lipinski definition) is 1. The zero-order valence-electron chi connectivity index (χ0n) is 21.7. The Kier molecular flexibility index (Phi) is 8.92.